The van der Waals surface area contributed by atoms with E-state index in [-0.39, 0.29) is 4.21 Å². The number of hydrogen-bond donors (Lipinski definition) is 1. The highest BCUT2D eigenvalue weighted by Crippen LogP contribution is 2.28. The Morgan fingerprint density at radius 3 is 2.68 bits per heavy atom. The molecule has 0 unspecified atom stereocenters. The first kappa shape index (κ1) is 17.7. The molecular formula is C17H19N3O3S2. The lowest BCUT2D eigenvalue weighted by atomic mass is 10.1. The predicted molar refractivity (Wildman–Crippen MR) is 97.4 cm³/mol. The third-order valence-corrected chi connectivity index (χ3v) is 6.71. The van der Waals surface area contributed by atoms with Gasteiger partial charge in [-0.05, 0) is 36.8 Å². The molecule has 0 bridgehead atoms. The van der Waals surface area contributed by atoms with Gasteiger partial charge in [-0.2, -0.15) is 4.72 Å². The van der Waals surface area contributed by atoms with Crippen molar-refractivity contribution in [2.24, 2.45) is 7.05 Å². The van der Waals surface area contributed by atoms with Gasteiger partial charge >= 0.3 is 0 Å². The highest BCUT2D eigenvalue weighted by molar-refractivity contribution is 7.91. The molecule has 3 aromatic rings. The van der Waals surface area contributed by atoms with E-state index in [2.05, 4.69) is 9.71 Å². The van der Waals surface area contributed by atoms with Gasteiger partial charge in [0.15, 0.2) is 0 Å². The largest absolute Gasteiger partial charge is 0.497 e. The summed E-state index contributed by atoms with van der Waals surface area (Å²) in [7, 11) is -0.266. The molecule has 2 aromatic heterocycles. The fourth-order valence-corrected chi connectivity index (χ4v) is 5.00. The van der Waals surface area contributed by atoms with Gasteiger partial charge in [0, 0.05) is 24.3 Å². The number of rotatable bonds is 6. The van der Waals surface area contributed by atoms with Gasteiger partial charge in [-0.3, -0.25) is 0 Å². The molecule has 3 rings (SSSR count). The van der Waals surface area contributed by atoms with Crippen molar-refractivity contribution >= 4 is 21.4 Å². The molecule has 0 saturated heterocycles. The first-order chi connectivity index (χ1) is 11.9. The van der Waals surface area contributed by atoms with Gasteiger partial charge in [-0.1, -0.05) is 12.1 Å². The van der Waals surface area contributed by atoms with Crippen molar-refractivity contribution in [1.82, 2.24) is 14.3 Å². The van der Waals surface area contributed by atoms with Crippen LogP contribution in [0.1, 0.15) is 22.3 Å². The van der Waals surface area contributed by atoms with Crippen LogP contribution in [0.3, 0.4) is 0 Å². The number of sulfonamides is 1. The van der Waals surface area contributed by atoms with E-state index in [0.29, 0.717) is 11.6 Å². The Morgan fingerprint density at radius 1 is 1.28 bits per heavy atom. The Morgan fingerprint density at radius 2 is 2.08 bits per heavy atom. The second-order valence-electron chi connectivity index (χ2n) is 5.59. The zero-order valence-electron chi connectivity index (χ0n) is 14.1. The number of imidazole rings is 1. The maximum absolute atomic E-state index is 12.8. The molecule has 132 valence electrons. The standard InChI is InChI=1S/C17H19N3O3S2/c1-12-7-8-15(24-12)25(21,22)19-16(17-18-9-10-20(17)2)13-5-4-6-14(11-13)23-3/h4-11,16,19H,1-3H3/t16-/m1/s1. The van der Waals surface area contributed by atoms with E-state index in [1.807, 2.05) is 38.2 Å². The molecule has 0 aliphatic rings. The fraction of sp³-hybridized carbons (Fsp3) is 0.235. The molecule has 0 spiro atoms. The number of aryl methyl sites for hydroxylation is 2. The molecule has 0 amide bonds. The quantitative estimate of drug-likeness (QED) is 0.717. The predicted octanol–water partition coefficient (Wildman–Crippen LogP) is 2.87. The number of ether oxygens (including phenoxy) is 1. The van der Waals surface area contributed by atoms with Crippen molar-refractivity contribution < 1.29 is 13.2 Å². The molecule has 0 radical (unpaired) electrons. The fourth-order valence-electron chi connectivity index (χ4n) is 2.52. The van der Waals surface area contributed by atoms with Crippen LogP contribution in [0.5, 0.6) is 5.75 Å². The molecule has 6 nitrogen and oxygen atoms in total. The molecule has 1 aromatic carbocycles. The van der Waals surface area contributed by atoms with Crippen molar-refractivity contribution in [2.45, 2.75) is 17.2 Å². The Balaban J connectivity index is 2.04. The Bertz CT molecular complexity index is 976. The van der Waals surface area contributed by atoms with E-state index >= 15 is 0 Å². The summed E-state index contributed by atoms with van der Waals surface area (Å²) in [5.74, 6) is 1.26. The van der Waals surface area contributed by atoms with Crippen molar-refractivity contribution in [3.63, 3.8) is 0 Å². The van der Waals surface area contributed by atoms with E-state index in [0.717, 1.165) is 10.4 Å². The lowest BCUT2D eigenvalue weighted by Crippen LogP contribution is -2.30. The second-order valence-corrected chi connectivity index (χ2v) is 8.82. The molecule has 0 aliphatic carbocycles. The van der Waals surface area contributed by atoms with Crippen LogP contribution in [0, 0.1) is 6.92 Å². The van der Waals surface area contributed by atoms with Crippen LogP contribution in [0.25, 0.3) is 0 Å². The summed E-state index contributed by atoms with van der Waals surface area (Å²) in [6, 6.07) is 10.1. The summed E-state index contributed by atoms with van der Waals surface area (Å²) in [6.45, 7) is 1.88. The molecule has 0 aliphatic heterocycles. The zero-order chi connectivity index (χ0) is 18.0. The lowest BCUT2D eigenvalue weighted by molar-refractivity contribution is 0.413. The average molecular weight is 377 g/mol. The van der Waals surface area contributed by atoms with Gasteiger partial charge in [-0.15, -0.1) is 11.3 Å². The third kappa shape index (κ3) is 3.76. The monoisotopic (exact) mass is 377 g/mol. The second kappa shape index (κ2) is 6.99. The van der Waals surface area contributed by atoms with Gasteiger partial charge in [-0.25, -0.2) is 13.4 Å². The van der Waals surface area contributed by atoms with Crippen molar-refractivity contribution in [2.75, 3.05) is 7.11 Å². The molecule has 0 fully saturated rings. The summed E-state index contributed by atoms with van der Waals surface area (Å²) in [6.07, 6.45) is 3.43. The summed E-state index contributed by atoms with van der Waals surface area (Å²) in [5, 5.41) is 0. The highest BCUT2D eigenvalue weighted by Gasteiger charge is 2.26. The molecule has 1 atom stereocenters. The van der Waals surface area contributed by atoms with Crippen LogP contribution >= 0.6 is 11.3 Å². The minimum absolute atomic E-state index is 0.284. The Labute approximate surface area is 151 Å². The minimum atomic E-state index is -3.67. The summed E-state index contributed by atoms with van der Waals surface area (Å²) in [4.78, 5) is 5.27. The lowest BCUT2D eigenvalue weighted by Gasteiger charge is -2.19. The normalized spacial score (nSPS) is 12.9. The Hall–Kier alpha value is -2.16. The van der Waals surface area contributed by atoms with E-state index in [1.165, 1.54) is 11.3 Å². The number of benzene rings is 1. The first-order valence-electron chi connectivity index (χ1n) is 7.60. The van der Waals surface area contributed by atoms with E-state index in [1.54, 1.807) is 36.2 Å². The van der Waals surface area contributed by atoms with Crippen LogP contribution in [0.15, 0.2) is 53.0 Å². The van der Waals surface area contributed by atoms with Crippen LogP contribution in [0.2, 0.25) is 0 Å². The third-order valence-electron chi connectivity index (χ3n) is 3.80. The number of aromatic nitrogens is 2. The van der Waals surface area contributed by atoms with Crippen LogP contribution in [-0.2, 0) is 17.1 Å². The van der Waals surface area contributed by atoms with Crippen molar-refractivity contribution in [3.8, 4) is 5.75 Å². The molecule has 1 N–H and O–H groups in total. The summed E-state index contributed by atoms with van der Waals surface area (Å²) < 4.78 is 35.8. The molecule has 2 heterocycles. The number of hydrogen-bond acceptors (Lipinski definition) is 5. The zero-order valence-corrected chi connectivity index (χ0v) is 15.8. The van der Waals surface area contributed by atoms with Crippen molar-refractivity contribution in [1.29, 1.82) is 0 Å². The summed E-state index contributed by atoms with van der Waals surface area (Å²) >= 11 is 1.24. The van der Waals surface area contributed by atoms with Gasteiger partial charge in [0.25, 0.3) is 10.0 Å². The SMILES string of the molecule is COc1cccc([C@@H](NS(=O)(=O)c2ccc(C)s2)c2nccn2C)c1. The highest BCUT2D eigenvalue weighted by atomic mass is 32.2. The first-order valence-corrected chi connectivity index (χ1v) is 9.90. The van der Waals surface area contributed by atoms with Gasteiger partial charge in [0.2, 0.25) is 0 Å². The van der Waals surface area contributed by atoms with Crippen LogP contribution < -0.4 is 9.46 Å². The molecular weight excluding hydrogens is 358 g/mol. The summed E-state index contributed by atoms with van der Waals surface area (Å²) in [5.41, 5.74) is 0.755. The average Bonchev–Trinajstić information content (AvgIpc) is 3.21. The molecule has 8 heteroatoms. The number of nitrogens with zero attached hydrogens (tertiary/aromatic N) is 2. The van der Waals surface area contributed by atoms with Gasteiger partial charge in [0.05, 0.1) is 7.11 Å². The maximum Gasteiger partial charge on any atom is 0.251 e. The maximum atomic E-state index is 12.8. The van der Waals surface area contributed by atoms with Crippen molar-refractivity contribution in [3.05, 3.63) is 65.1 Å². The number of nitrogens with one attached hydrogen (secondary N) is 1. The minimum Gasteiger partial charge on any atom is -0.497 e. The number of methoxy groups -OCH3 is 1. The smallest absolute Gasteiger partial charge is 0.251 e. The van der Waals surface area contributed by atoms with Gasteiger partial charge < -0.3 is 9.30 Å². The van der Waals surface area contributed by atoms with Gasteiger partial charge in [0.1, 0.15) is 21.8 Å². The van der Waals surface area contributed by atoms with E-state index < -0.39 is 16.1 Å². The van der Waals surface area contributed by atoms with Crippen LogP contribution in [-0.4, -0.2) is 25.1 Å². The Kier molecular flexibility index (Phi) is 4.94. The molecule has 0 saturated carbocycles. The topological polar surface area (TPSA) is 73.2 Å². The van der Waals surface area contributed by atoms with E-state index in [9.17, 15) is 8.42 Å². The van der Waals surface area contributed by atoms with E-state index in [4.69, 9.17) is 4.74 Å². The number of thiophene rings is 1. The molecule has 25 heavy (non-hydrogen) atoms. The van der Waals surface area contributed by atoms with Crippen LogP contribution in [0.4, 0.5) is 0 Å².